The molecule has 0 aromatic heterocycles. The first-order valence-corrected chi connectivity index (χ1v) is 6.81. The highest BCUT2D eigenvalue weighted by molar-refractivity contribution is 5.27. The summed E-state index contributed by atoms with van der Waals surface area (Å²) in [6, 6.07) is 8.38. The molecule has 1 fully saturated rings. The zero-order valence-corrected chi connectivity index (χ0v) is 10.7. The number of rotatable bonds is 5. The van der Waals surface area contributed by atoms with Crippen molar-refractivity contribution in [3.05, 3.63) is 29.8 Å². The number of hydrogen-bond donors (Lipinski definition) is 2. The smallest absolute Gasteiger partial charge is 0.115 e. The predicted molar refractivity (Wildman–Crippen MR) is 71.2 cm³/mol. The molecular formula is C15H23NO. The minimum atomic E-state index is 0.388. The van der Waals surface area contributed by atoms with Gasteiger partial charge in [0.15, 0.2) is 0 Å². The van der Waals surface area contributed by atoms with E-state index in [1.165, 1.54) is 31.2 Å². The Kier molecular flexibility index (Phi) is 4.43. The van der Waals surface area contributed by atoms with Gasteiger partial charge in [-0.1, -0.05) is 25.5 Å². The monoisotopic (exact) mass is 233 g/mol. The molecule has 1 aromatic carbocycles. The van der Waals surface area contributed by atoms with E-state index in [0.29, 0.717) is 11.8 Å². The normalized spacial score (nSPS) is 24.1. The first kappa shape index (κ1) is 12.4. The average Bonchev–Trinajstić information content (AvgIpc) is 2.74. The summed E-state index contributed by atoms with van der Waals surface area (Å²) in [4.78, 5) is 0. The van der Waals surface area contributed by atoms with E-state index >= 15 is 0 Å². The van der Waals surface area contributed by atoms with Gasteiger partial charge < -0.3 is 10.4 Å². The van der Waals surface area contributed by atoms with Gasteiger partial charge in [0.25, 0.3) is 0 Å². The fourth-order valence-electron chi connectivity index (χ4n) is 2.87. The summed E-state index contributed by atoms with van der Waals surface area (Å²) >= 11 is 0. The van der Waals surface area contributed by atoms with Crippen molar-refractivity contribution in [3.63, 3.8) is 0 Å². The van der Waals surface area contributed by atoms with Gasteiger partial charge in [0, 0.05) is 6.04 Å². The molecule has 1 aliphatic carbocycles. The Morgan fingerprint density at radius 1 is 1.35 bits per heavy atom. The molecule has 17 heavy (non-hydrogen) atoms. The standard InChI is InChI=1S/C15H23NO/c1-2-9-16-15-8-4-6-13(15)10-12-5-3-7-14(17)11-12/h3,5,7,11,13,15-17H,2,4,6,8-10H2,1H3. The molecule has 0 amide bonds. The Morgan fingerprint density at radius 2 is 2.24 bits per heavy atom. The molecule has 0 bridgehead atoms. The summed E-state index contributed by atoms with van der Waals surface area (Å²) in [6.45, 7) is 3.34. The summed E-state index contributed by atoms with van der Waals surface area (Å²) in [5.41, 5.74) is 1.26. The lowest BCUT2D eigenvalue weighted by molar-refractivity contribution is 0.398. The van der Waals surface area contributed by atoms with Crippen LogP contribution in [-0.2, 0) is 6.42 Å². The second-order valence-corrected chi connectivity index (χ2v) is 5.13. The molecule has 0 saturated heterocycles. The maximum Gasteiger partial charge on any atom is 0.115 e. The predicted octanol–water partition coefficient (Wildman–Crippen LogP) is 3.10. The molecule has 1 aromatic rings. The van der Waals surface area contributed by atoms with Crippen LogP contribution in [-0.4, -0.2) is 17.7 Å². The van der Waals surface area contributed by atoms with Crippen LogP contribution in [0.2, 0.25) is 0 Å². The maximum absolute atomic E-state index is 9.48. The van der Waals surface area contributed by atoms with Gasteiger partial charge in [-0.05, 0) is 55.8 Å². The minimum Gasteiger partial charge on any atom is -0.508 e. The van der Waals surface area contributed by atoms with Crippen molar-refractivity contribution in [3.8, 4) is 5.75 Å². The fraction of sp³-hybridized carbons (Fsp3) is 0.600. The van der Waals surface area contributed by atoms with Crippen molar-refractivity contribution in [1.29, 1.82) is 0 Å². The number of phenols is 1. The maximum atomic E-state index is 9.48. The molecule has 0 heterocycles. The van der Waals surface area contributed by atoms with Gasteiger partial charge in [0.05, 0.1) is 0 Å². The van der Waals surface area contributed by atoms with Gasteiger partial charge in [-0.2, -0.15) is 0 Å². The van der Waals surface area contributed by atoms with E-state index in [-0.39, 0.29) is 0 Å². The van der Waals surface area contributed by atoms with Gasteiger partial charge in [-0.3, -0.25) is 0 Å². The number of hydrogen-bond acceptors (Lipinski definition) is 2. The van der Waals surface area contributed by atoms with Crippen LogP contribution in [0.4, 0.5) is 0 Å². The summed E-state index contributed by atoms with van der Waals surface area (Å²) in [5.74, 6) is 1.13. The molecular weight excluding hydrogens is 210 g/mol. The van der Waals surface area contributed by atoms with Crippen LogP contribution < -0.4 is 5.32 Å². The highest BCUT2D eigenvalue weighted by Crippen LogP contribution is 2.29. The van der Waals surface area contributed by atoms with E-state index < -0.39 is 0 Å². The van der Waals surface area contributed by atoms with E-state index in [0.717, 1.165) is 18.9 Å². The van der Waals surface area contributed by atoms with E-state index in [2.05, 4.69) is 18.3 Å². The Morgan fingerprint density at radius 3 is 3.00 bits per heavy atom. The Balaban J connectivity index is 1.93. The van der Waals surface area contributed by atoms with Crippen LogP contribution in [0.3, 0.4) is 0 Å². The largest absolute Gasteiger partial charge is 0.508 e. The van der Waals surface area contributed by atoms with E-state index in [1.54, 1.807) is 6.07 Å². The van der Waals surface area contributed by atoms with Crippen molar-refractivity contribution in [2.45, 2.75) is 45.1 Å². The number of benzene rings is 1. The lowest BCUT2D eigenvalue weighted by atomic mass is 9.94. The van der Waals surface area contributed by atoms with Gasteiger partial charge in [0.1, 0.15) is 5.75 Å². The highest BCUT2D eigenvalue weighted by Gasteiger charge is 2.26. The second-order valence-electron chi connectivity index (χ2n) is 5.13. The van der Waals surface area contributed by atoms with Crippen LogP contribution in [0.25, 0.3) is 0 Å². The molecule has 2 N–H and O–H groups in total. The summed E-state index contributed by atoms with van der Waals surface area (Å²) in [6.07, 6.45) is 6.26. The Bertz CT molecular complexity index is 351. The van der Waals surface area contributed by atoms with E-state index in [9.17, 15) is 5.11 Å². The molecule has 2 heteroatoms. The summed E-state index contributed by atoms with van der Waals surface area (Å²) in [5, 5.41) is 13.1. The average molecular weight is 233 g/mol. The molecule has 0 aliphatic heterocycles. The Hall–Kier alpha value is -1.02. The third kappa shape index (κ3) is 3.47. The third-order valence-electron chi connectivity index (χ3n) is 3.72. The van der Waals surface area contributed by atoms with Crippen LogP contribution in [0.5, 0.6) is 5.75 Å². The summed E-state index contributed by atoms with van der Waals surface area (Å²) < 4.78 is 0. The van der Waals surface area contributed by atoms with Gasteiger partial charge in [-0.15, -0.1) is 0 Å². The molecule has 2 unspecified atom stereocenters. The van der Waals surface area contributed by atoms with Crippen molar-refractivity contribution < 1.29 is 5.11 Å². The van der Waals surface area contributed by atoms with Gasteiger partial charge >= 0.3 is 0 Å². The molecule has 1 saturated carbocycles. The number of aromatic hydroxyl groups is 1. The molecule has 2 nitrogen and oxygen atoms in total. The molecule has 0 radical (unpaired) electrons. The van der Waals surface area contributed by atoms with Gasteiger partial charge in [0.2, 0.25) is 0 Å². The zero-order chi connectivity index (χ0) is 12.1. The minimum absolute atomic E-state index is 0.388. The first-order valence-electron chi connectivity index (χ1n) is 6.81. The quantitative estimate of drug-likeness (QED) is 0.819. The molecule has 2 atom stereocenters. The van der Waals surface area contributed by atoms with E-state index in [1.807, 2.05) is 12.1 Å². The second kappa shape index (κ2) is 6.06. The lowest BCUT2D eigenvalue weighted by Gasteiger charge is -2.21. The van der Waals surface area contributed by atoms with Crippen LogP contribution in [0, 0.1) is 5.92 Å². The number of phenolic OH excluding ortho intramolecular Hbond substituents is 1. The molecule has 2 rings (SSSR count). The highest BCUT2D eigenvalue weighted by atomic mass is 16.3. The fourth-order valence-corrected chi connectivity index (χ4v) is 2.87. The van der Waals surface area contributed by atoms with Crippen LogP contribution in [0.1, 0.15) is 38.2 Å². The van der Waals surface area contributed by atoms with E-state index in [4.69, 9.17) is 0 Å². The first-order chi connectivity index (χ1) is 8.29. The Labute approximate surface area is 104 Å². The van der Waals surface area contributed by atoms with Crippen molar-refractivity contribution >= 4 is 0 Å². The lowest BCUT2D eigenvalue weighted by Crippen LogP contribution is -2.33. The molecule has 94 valence electrons. The molecule has 1 aliphatic rings. The van der Waals surface area contributed by atoms with Gasteiger partial charge in [-0.25, -0.2) is 0 Å². The summed E-state index contributed by atoms with van der Waals surface area (Å²) in [7, 11) is 0. The SMILES string of the molecule is CCCNC1CCCC1Cc1cccc(O)c1. The zero-order valence-electron chi connectivity index (χ0n) is 10.7. The van der Waals surface area contributed by atoms with Crippen LogP contribution in [0.15, 0.2) is 24.3 Å². The number of nitrogens with one attached hydrogen (secondary N) is 1. The van der Waals surface area contributed by atoms with Crippen molar-refractivity contribution in [2.24, 2.45) is 5.92 Å². The topological polar surface area (TPSA) is 32.3 Å². The molecule has 0 spiro atoms. The van der Waals surface area contributed by atoms with Crippen molar-refractivity contribution in [1.82, 2.24) is 5.32 Å². The third-order valence-corrected chi connectivity index (χ3v) is 3.72. The van der Waals surface area contributed by atoms with Crippen LogP contribution >= 0.6 is 0 Å². The van der Waals surface area contributed by atoms with Crippen molar-refractivity contribution in [2.75, 3.05) is 6.54 Å².